The van der Waals surface area contributed by atoms with Crippen LogP contribution in [-0.4, -0.2) is 61.7 Å². The van der Waals surface area contributed by atoms with Crippen molar-refractivity contribution in [3.05, 3.63) is 84.2 Å². The van der Waals surface area contributed by atoms with E-state index in [1.54, 1.807) is 19.3 Å². The summed E-state index contributed by atoms with van der Waals surface area (Å²) in [6.07, 6.45) is 9.28. The minimum atomic E-state index is -0.102. The van der Waals surface area contributed by atoms with Gasteiger partial charge < -0.3 is 9.80 Å². The van der Waals surface area contributed by atoms with Crippen molar-refractivity contribution < 1.29 is 9.59 Å². The Kier molecular flexibility index (Phi) is 6.81. The smallest absolute Gasteiger partial charge is 0.257 e. The fourth-order valence-corrected chi connectivity index (χ4v) is 5.36. The van der Waals surface area contributed by atoms with Gasteiger partial charge in [-0.2, -0.15) is 0 Å². The standard InChI is InChI=1S/C27H30N6O2/c1-20(34)32-13-11-24-9-10-25(33(24)17-23-7-4-5-12-30-23)18-31(16-21-6-2-3-8-26(21)32)27(35)22-14-28-19-29-15-22/h2-8,12,14-15,19,24-25H,9-11,13,16-18H2,1H3/t24-,25+/m0/s1. The summed E-state index contributed by atoms with van der Waals surface area (Å²) in [6.45, 7) is 3.98. The van der Waals surface area contributed by atoms with E-state index in [-0.39, 0.29) is 17.9 Å². The molecule has 1 fully saturated rings. The Hall–Kier alpha value is -3.65. The molecule has 0 aliphatic carbocycles. The van der Waals surface area contributed by atoms with Crippen LogP contribution in [0.25, 0.3) is 0 Å². The van der Waals surface area contributed by atoms with Crippen LogP contribution in [0.5, 0.6) is 0 Å². The molecule has 0 saturated carbocycles. The first kappa shape index (κ1) is 23.1. The van der Waals surface area contributed by atoms with Gasteiger partial charge in [-0.1, -0.05) is 24.3 Å². The lowest BCUT2D eigenvalue weighted by molar-refractivity contribution is -0.116. The van der Waals surface area contributed by atoms with Crippen molar-refractivity contribution in [2.75, 3.05) is 18.0 Å². The maximum atomic E-state index is 13.6. The number of carbonyl (C=O) groups is 2. The molecular formula is C27H30N6O2. The summed E-state index contributed by atoms with van der Waals surface area (Å²) in [5.74, 6) is -0.0906. The van der Waals surface area contributed by atoms with Crippen LogP contribution in [0.2, 0.25) is 0 Å². The minimum absolute atomic E-state index is 0.0110. The molecule has 2 aliphatic heterocycles. The number of rotatable bonds is 3. The Morgan fingerprint density at radius 2 is 1.74 bits per heavy atom. The molecule has 180 valence electrons. The molecule has 2 amide bonds. The third-order valence-electron chi connectivity index (χ3n) is 7.08. The van der Waals surface area contributed by atoms with Gasteiger partial charge in [0.15, 0.2) is 0 Å². The van der Waals surface area contributed by atoms with Crippen LogP contribution in [0.15, 0.2) is 67.4 Å². The van der Waals surface area contributed by atoms with Crippen LogP contribution >= 0.6 is 0 Å². The number of amides is 2. The Bertz CT molecular complexity index is 1170. The molecule has 3 aromatic rings. The number of nitrogens with zero attached hydrogens (tertiary/aromatic N) is 6. The molecule has 0 spiro atoms. The van der Waals surface area contributed by atoms with Crippen molar-refractivity contribution >= 4 is 17.5 Å². The van der Waals surface area contributed by atoms with Crippen LogP contribution in [-0.2, 0) is 17.9 Å². The normalized spacial score (nSPS) is 20.7. The van der Waals surface area contributed by atoms with E-state index < -0.39 is 0 Å². The lowest BCUT2D eigenvalue weighted by Crippen LogP contribution is -2.45. The quantitative estimate of drug-likeness (QED) is 0.584. The van der Waals surface area contributed by atoms with Crippen LogP contribution < -0.4 is 4.90 Å². The number of hydrogen-bond acceptors (Lipinski definition) is 6. The molecule has 5 rings (SSSR count). The summed E-state index contributed by atoms with van der Waals surface area (Å²) in [5.41, 5.74) is 3.31. The molecule has 2 bridgehead atoms. The Morgan fingerprint density at radius 1 is 0.971 bits per heavy atom. The summed E-state index contributed by atoms with van der Waals surface area (Å²) >= 11 is 0. The Balaban J connectivity index is 1.53. The number of carbonyl (C=O) groups excluding carboxylic acids is 2. The molecule has 8 nitrogen and oxygen atoms in total. The molecule has 0 radical (unpaired) electrons. The summed E-state index contributed by atoms with van der Waals surface area (Å²) in [5, 5.41) is 0. The summed E-state index contributed by atoms with van der Waals surface area (Å²) < 4.78 is 0. The van der Waals surface area contributed by atoms with Crippen molar-refractivity contribution in [1.29, 1.82) is 0 Å². The number of hydrogen-bond donors (Lipinski definition) is 0. The van der Waals surface area contributed by atoms with Gasteiger partial charge in [-0.15, -0.1) is 0 Å². The predicted molar refractivity (Wildman–Crippen MR) is 132 cm³/mol. The SMILES string of the molecule is CC(=O)N1CC[C@@H]2CC[C@H](CN(C(=O)c3cncnc3)Cc3ccccc31)N2Cc1ccccn1. The van der Waals surface area contributed by atoms with Gasteiger partial charge in [0.2, 0.25) is 5.91 Å². The van der Waals surface area contributed by atoms with E-state index in [9.17, 15) is 9.59 Å². The van der Waals surface area contributed by atoms with E-state index in [1.165, 1.54) is 6.33 Å². The van der Waals surface area contributed by atoms with Crippen molar-refractivity contribution in [1.82, 2.24) is 24.8 Å². The fourth-order valence-electron chi connectivity index (χ4n) is 5.36. The van der Waals surface area contributed by atoms with Gasteiger partial charge in [0, 0.05) is 69.5 Å². The first-order valence-corrected chi connectivity index (χ1v) is 12.2. The number of benzene rings is 1. The highest BCUT2D eigenvalue weighted by molar-refractivity contribution is 5.94. The monoisotopic (exact) mass is 470 g/mol. The Labute approximate surface area is 205 Å². The van der Waals surface area contributed by atoms with Gasteiger partial charge in [0.25, 0.3) is 5.91 Å². The molecule has 4 heterocycles. The molecular weight excluding hydrogens is 440 g/mol. The number of aromatic nitrogens is 3. The van der Waals surface area contributed by atoms with Crippen molar-refractivity contribution in [2.45, 2.75) is 51.4 Å². The molecule has 2 aliphatic rings. The third kappa shape index (κ3) is 5.07. The van der Waals surface area contributed by atoms with Gasteiger partial charge in [0.1, 0.15) is 6.33 Å². The highest BCUT2D eigenvalue weighted by atomic mass is 16.2. The van der Waals surface area contributed by atoms with Gasteiger partial charge in [-0.05, 0) is 43.0 Å². The number of pyridine rings is 1. The largest absolute Gasteiger partial charge is 0.333 e. The van der Waals surface area contributed by atoms with E-state index in [0.717, 1.165) is 42.8 Å². The lowest BCUT2D eigenvalue weighted by atomic mass is 10.1. The second-order valence-corrected chi connectivity index (χ2v) is 9.28. The zero-order valence-electron chi connectivity index (χ0n) is 20.0. The van der Waals surface area contributed by atoms with E-state index >= 15 is 0 Å². The first-order valence-electron chi connectivity index (χ1n) is 12.2. The topological polar surface area (TPSA) is 82.5 Å². The van der Waals surface area contributed by atoms with E-state index in [4.69, 9.17) is 0 Å². The third-order valence-corrected chi connectivity index (χ3v) is 7.08. The highest BCUT2D eigenvalue weighted by Crippen LogP contribution is 2.32. The highest BCUT2D eigenvalue weighted by Gasteiger charge is 2.37. The molecule has 2 aromatic heterocycles. The van der Waals surface area contributed by atoms with Crippen LogP contribution in [0.4, 0.5) is 5.69 Å². The molecule has 1 aromatic carbocycles. The van der Waals surface area contributed by atoms with E-state index in [1.807, 2.05) is 58.5 Å². The predicted octanol–water partition coefficient (Wildman–Crippen LogP) is 3.30. The average molecular weight is 471 g/mol. The Morgan fingerprint density at radius 3 is 2.51 bits per heavy atom. The molecule has 8 heteroatoms. The van der Waals surface area contributed by atoms with Crippen LogP contribution in [0, 0.1) is 0 Å². The molecule has 0 N–H and O–H groups in total. The minimum Gasteiger partial charge on any atom is -0.333 e. The number of para-hydroxylation sites is 1. The summed E-state index contributed by atoms with van der Waals surface area (Å²) in [4.78, 5) is 45.3. The van der Waals surface area contributed by atoms with E-state index in [2.05, 4.69) is 19.9 Å². The van der Waals surface area contributed by atoms with Crippen molar-refractivity contribution in [2.24, 2.45) is 0 Å². The summed E-state index contributed by atoms with van der Waals surface area (Å²) in [6, 6.07) is 14.4. The second kappa shape index (κ2) is 10.3. The first-order chi connectivity index (χ1) is 17.1. The summed E-state index contributed by atoms with van der Waals surface area (Å²) in [7, 11) is 0. The molecule has 35 heavy (non-hydrogen) atoms. The zero-order valence-corrected chi connectivity index (χ0v) is 20.0. The average Bonchev–Trinajstić information content (AvgIpc) is 3.24. The van der Waals surface area contributed by atoms with Gasteiger partial charge in [-0.25, -0.2) is 9.97 Å². The van der Waals surface area contributed by atoms with Gasteiger partial charge in [0.05, 0.1) is 11.3 Å². The van der Waals surface area contributed by atoms with Crippen LogP contribution in [0.1, 0.15) is 47.8 Å². The van der Waals surface area contributed by atoms with Crippen molar-refractivity contribution in [3.63, 3.8) is 0 Å². The van der Waals surface area contributed by atoms with Gasteiger partial charge >= 0.3 is 0 Å². The number of fused-ring (bicyclic) bond motifs is 3. The molecule has 2 atom stereocenters. The fraction of sp³-hybridized carbons (Fsp3) is 0.370. The van der Waals surface area contributed by atoms with E-state index in [0.29, 0.717) is 31.2 Å². The molecule has 0 unspecified atom stereocenters. The second-order valence-electron chi connectivity index (χ2n) is 9.28. The lowest BCUT2D eigenvalue weighted by Gasteiger charge is -2.33. The van der Waals surface area contributed by atoms with Crippen LogP contribution in [0.3, 0.4) is 0 Å². The van der Waals surface area contributed by atoms with Crippen molar-refractivity contribution in [3.8, 4) is 0 Å². The maximum absolute atomic E-state index is 13.6. The molecule has 1 saturated heterocycles. The zero-order chi connectivity index (χ0) is 24.2. The van der Waals surface area contributed by atoms with Gasteiger partial charge in [-0.3, -0.25) is 19.5 Å². The maximum Gasteiger partial charge on any atom is 0.257 e. The number of anilines is 1.